The van der Waals surface area contributed by atoms with Gasteiger partial charge in [0, 0.05) is 43.8 Å². The highest BCUT2D eigenvalue weighted by atomic mass is 16.1. The van der Waals surface area contributed by atoms with Gasteiger partial charge in [-0.15, -0.1) is 0 Å². The molecule has 0 aliphatic carbocycles. The van der Waals surface area contributed by atoms with Crippen LogP contribution in [0.1, 0.15) is 10.4 Å². The predicted molar refractivity (Wildman–Crippen MR) is 87.9 cm³/mol. The lowest BCUT2D eigenvalue weighted by atomic mass is 10.2. The number of nitrogens with zero attached hydrogens (tertiary/aromatic N) is 5. The van der Waals surface area contributed by atoms with Crippen molar-refractivity contribution in [2.75, 3.05) is 24.3 Å². The van der Waals surface area contributed by atoms with Crippen molar-refractivity contribution >= 4 is 17.4 Å². The molecule has 0 atom stereocenters. The van der Waals surface area contributed by atoms with Crippen LogP contribution >= 0.6 is 0 Å². The summed E-state index contributed by atoms with van der Waals surface area (Å²) in [6, 6.07) is 10.8. The molecule has 1 aromatic carbocycles. The van der Waals surface area contributed by atoms with E-state index in [9.17, 15) is 4.79 Å². The molecule has 0 bridgehead atoms. The number of rotatable bonds is 4. The van der Waals surface area contributed by atoms with Gasteiger partial charge in [0.05, 0.1) is 0 Å². The molecule has 7 nitrogen and oxygen atoms in total. The van der Waals surface area contributed by atoms with Crippen LogP contribution in [-0.4, -0.2) is 39.8 Å². The van der Waals surface area contributed by atoms with Gasteiger partial charge in [-0.2, -0.15) is 5.10 Å². The van der Waals surface area contributed by atoms with E-state index < -0.39 is 0 Å². The lowest BCUT2D eigenvalue weighted by Gasteiger charge is -2.12. The van der Waals surface area contributed by atoms with Crippen LogP contribution in [0.15, 0.2) is 55.1 Å². The molecule has 1 amide bonds. The zero-order chi connectivity index (χ0) is 16.2. The molecule has 0 saturated heterocycles. The Morgan fingerprint density at radius 3 is 2.61 bits per heavy atom. The number of hydrogen-bond acceptors (Lipinski definition) is 5. The molecule has 0 aliphatic rings. The van der Waals surface area contributed by atoms with E-state index >= 15 is 0 Å². The van der Waals surface area contributed by atoms with Crippen molar-refractivity contribution in [1.82, 2.24) is 19.7 Å². The second-order valence-electron chi connectivity index (χ2n) is 5.11. The van der Waals surface area contributed by atoms with Gasteiger partial charge >= 0.3 is 0 Å². The molecule has 0 fully saturated rings. The van der Waals surface area contributed by atoms with Crippen molar-refractivity contribution in [3.8, 4) is 5.82 Å². The quantitative estimate of drug-likeness (QED) is 0.797. The Morgan fingerprint density at radius 1 is 1.17 bits per heavy atom. The fourth-order valence-corrected chi connectivity index (χ4v) is 2.04. The van der Waals surface area contributed by atoms with E-state index in [4.69, 9.17) is 0 Å². The highest BCUT2D eigenvalue weighted by Gasteiger charge is 2.08. The first-order valence-corrected chi connectivity index (χ1v) is 7.04. The summed E-state index contributed by atoms with van der Waals surface area (Å²) in [5, 5.41) is 6.86. The van der Waals surface area contributed by atoms with Gasteiger partial charge in [0.25, 0.3) is 5.91 Å². The molecule has 7 heteroatoms. The van der Waals surface area contributed by atoms with Crippen molar-refractivity contribution in [2.24, 2.45) is 0 Å². The molecule has 3 rings (SSSR count). The third-order valence-corrected chi connectivity index (χ3v) is 3.28. The fourth-order valence-electron chi connectivity index (χ4n) is 2.04. The van der Waals surface area contributed by atoms with Crippen LogP contribution in [0, 0.1) is 0 Å². The molecule has 23 heavy (non-hydrogen) atoms. The standard InChI is InChI=1S/C16H16N6O/c1-21(2)13-6-4-12(5-7-13)16(23)20-14-10-15(18-11-17-14)22-9-3-8-19-22/h3-11H,1-2H3,(H,17,18,20,23). The number of aromatic nitrogens is 4. The highest BCUT2D eigenvalue weighted by molar-refractivity contribution is 6.04. The molecule has 3 aromatic rings. The second kappa shape index (κ2) is 6.27. The molecular weight excluding hydrogens is 292 g/mol. The maximum Gasteiger partial charge on any atom is 0.256 e. The van der Waals surface area contributed by atoms with Gasteiger partial charge in [0.1, 0.15) is 12.1 Å². The lowest BCUT2D eigenvalue weighted by Crippen LogP contribution is -2.14. The number of carbonyl (C=O) groups excluding carboxylic acids is 1. The molecule has 2 heterocycles. The van der Waals surface area contributed by atoms with Gasteiger partial charge in [-0.3, -0.25) is 4.79 Å². The van der Waals surface area contributed by atoms with Crippen molar-refractivity contribution in [3.63, 3.8) is 0 Å². The second-order valence-corrected chi connectivity index (χ2v) is 5.11. The summed E-state index contributed by atoms with van der Waals surface area (Å²) in [5.41, 5.74) is 1.60. The van der Waals surface area contributed by atoms with E-state index in [0.717, 1.165) is 5.69 Å². The minimum absolute atomic E-state index is 0.222. The van der Waals surface area contributed by atoms with Gasteiger partial charge < -0.3 is 10.2 Å². The molecular formula is C16H16N6O. The Balaban J connectivity index is 1.76. The normalized spacial score (nSPS) is 10.3. The fraction of sp³-hybridized carbons (Fsp3) is 0.125. The number of carbonyl (C=O) groups is 1. The van der Waals surface area contributed by atoms with Gasteiger partial charge in [-0.1, -0.05) is 0 Å². The first-order chi connectivity index (χ1) is 11.1. The van der Waals surface area contributed by atoms with Crippen LogP contribution in [0.5, 0.6) is 0 Å². The number of amides is 1. The molecule has 1 N–H and O–H groups in total. The van der Waals surface area contributed by atoms with Gasteiger partial charge in [0.2, 0.25) is 0 Å². The maximum atomic E-state index is 12.3. The molecule has 0 spiro atoms. The van der Waals surface area contributed by atoms with Crippen molar-refractivity contribution in [3.05, 3.63) is 60.7 Å². The number of benzene rings is 1. The Kier molecular flexibility index (Phi) is 4.01. The van der Waals surface area contributed by atoms with Crippen LogP contribution in [0.3, 0.4) is 0 Å². The summed E-state index contributed by atoms with van der Waals surface area (Å²) in [6.07, 6.45) is 4.82. The Hall–Kier alpha value is -3.22. The molecule has 0 saturated carbocycles. The number of hydrogen-bond donors (Lipinski definition) is 1. The van der Waals surface area contributed by atoms with Crippen LogP contribution in [-0.2, 0) is 0 Å². The summed E-state index contributed by atoms with van der Waals surface area (Å²) in [5.74, 6) is 0.788. The zero-order valence-electron chi connectivity index (χ0n) is 12.8. The van der Waals surface area contributed by atoms with E-state index in [-0.39, 0.29) is 5.91 Å². The Bertz CT molecular complexity index is 796. The maximum absolute atomic E-state index is 12.3. The van der Waals surface area contributed by atoms with E-state index in [2.05, 4.69) is 20.4 Å². The zero-order valence-corrected chi connectivity index (χ0v) is 12.8. The number of anilines is 2. The van der Waals surface area contributed by atoms with E-state index in [1.807, 2.05) is 31.1 Å². The average Bonchev–Trinajstić information content (AvgIpc) is 3.10. The van der Waals surface area contributed by atoms with Crippen LogP contribution in [0.2, 0.25) is 0 Å². The minimum Gasteiger partial charge on any atom is -0.378 e. The summed E-state index contributed by atoms with van der Waals surface area (Å²) in [7, 11) is 3.90. The summed E-state index contributed by atoms with van der Waals surface area (Å²) >= 11 is 0. The smallest absolute Gasteiger partial charge is 0.256 e. The van der Waals surface area contributed by atoms with E-state index in [0.29, 0.717) is 17.2 Å². The summed E-state index contributed by atoms with van der Waals surface area (Å²) in [4.78, 5) is 22.5. The lowest BCUT2D eigenvalue weighted by molar-refractivity contribution is 0.102. The Labute approximate surface area is 133 Å². The van der Waals surface area contributed by atoms with Crippen molar-refractivity contribution in [1.29, 1.82) is 0 Å². The monoisotopic (exact) mass is 308 g/mol. The molecule has 2 aromatic heterocycles. The number of nitrogens with one attached hydrogen (secondary N) is 1. The van der Waals surface area contributed by atoms with Crippen LogP contribution in [0.4, 0.5) is 11.5 Å². The van der Waals surface area contributed by atoms with Crippen LogP contribution in [0.25, 0.3) is 5.82 Å². The van der Waals surface area contributed by atoms with Gasteiger partial charge in [-0.05, 0) is 30.3 Å². The molecule has 0 radical (unpaired) electrons. The highest BCUT2D eigenvalue weighted by Crippen LogP contribution is 2.14. The third-order valence-electron chi connectivity index (χ3n) is 3.28. The van der Waals surface area contributed by atoms with Crippen LogP contribution < -0.4 is 10.2 Å². The first kappa shape index (κ1) is 14.7. The first-order valence-electron chi connectivity index (χ1n) is 7.04. The third kappa shape index (κ3) is 3.34. The molecule has 116 valence electrons. The Morgan fingerprint density at radius 2 is 1.96 bits per heavy atom. The van der Waals surface area contributed by atoms with Gasteiger partial charge in [-0.25, -0.2) is 14.6 Å². The average molecular weight is 308 g/mol. The topological polar surface area (TPSA) is 75.9 Å². The van der Waals surface area contributed by atoms with Gasteiger partial charge in [0.15, 0.2) is 5.82 Å². The van der Waals surface area contributed by atoms with E-state index in [1.54, 1.807) is 41.3 Å². The molecule has 0 aliphatic heterocycles. The van der Waals surface area contributed by atoms with Crippen molar-refractivity contribution < 1.29 is 4.79 Å². The SMILES string of the molecule is CN(C)c1ccc(C(=O)Nc2cc(-n3cccn3)ncn2)cc1. The largest absolute Gasteiger partial charge is 0.378 e. The van der Waals surface area contributed by atoms with Crippen molar-refractivity contribution in [2.45, 2.75) is 0 Å². The minimum atomic E-state index is -0.222. The summed E-state index contributed by atoms with van der Waals surface area (Å²) < 4.78 is 1.60. The molecule has 0 unspecified atom stereocenters. The predicted octanol–water partition coefficient (Wildman–Crippen LogP) is 1.98. The van der Waals surface area contributed by atoms with E-state index in [1.165, 1.54) is 6.33 Å². The summed E-state index contributed by atoms with van der Waals surface area (Å²) in [6.45, 7) is 0.